The second-order valence-electron chi connectivity index (χ2n) is 5.83. The number of rotatable bonds is 3. The van der Waals surface area contributed by atoms with Gasteiger partial charge in [-0.3, -0.25) is 4.79 Å². The zero-order chi connectivity index (χ0) is 17.9. The SMILES string of the molecule is O=C(c1ccccc1I)N1CCN(c2cc(-n3cncn3)ncn2)CC1. The maximum atomic E-state index is 12.7. The molecule has 2 aromatic heterocycles. The van der Waals surface area contributed by atoms with E-state index in [-0.39, 0.29) is 5.91 Å². The third-order valence-corrected chi connectivity index (χ3v) is 5.23. The first-order valence-corrected chi connectivity index (χ1v) is 9.26. The van der Waals surface area contributed by atoms with Crippen molar-refractivity contribution >= 4 is 34.3 Å². The third-order valence-electron chi connectivity index (χ3n) is 4.29. The molecule has 0 unspecified atom stereocenters. The monoisotopic (exact) mass is 461 g/mol. The number of amides is 1. The molecule has 0 radical (unpaired) electrons. The molecule has 0 spiro atoms. The number of carbonyl (C=O) groups is 1. The lowest BCUT2D eigenvalue weighted by atomic mass is 10.2. The molecule has 0 atom stereocenters. The lowest BCUT2D eigenvalue weighted by molar-refractivity contribution is 0.0745. The molecule has 1 aromatic carbocycles. The number of hydrogen-bond acceptors (Lipinski definition) is 6. The van der Waals surface area contributed by atoms with Crippen LogP contribution in [0.4, 0.5) is 5.82 Å². The maximum Gasteiger partial charge on any atom is 0.255 e. The standard InChI is InChI=1S/C17H16IN7O/c18-14-4-2-1-3-13(14)17(26)24-7-5-23(6-8-24)15-9-16(21-11-20-15)25-12-19-10-22-25/h1-4,9-12H,5-8H2. The van der Waals surface area contributed by atoms with Crippen LogP contribution in [0.2, 0.25) is 0 Å². The van der Waals surface area contributed by atoms with E-state index in [4.69, 9.17) is 0 Å². The highest BCUT2D eigenvalue weighted by Gasteiger charge is 2.24. The normalized spacial score (nSPS) is 14.5. The fraction of sp³-hybridized carbons (Fsp3) is 0.235. The Morgan fingerprint density at radius 3 is 2.50 bits per heavy atom. The number of piperazine rings is 1. The van der Waals surface area contributed by atoms with Gasteiger partial charge in [0.25, 0.3) is 5.91 Å². The smallest absolute Gasteiger partial charge is 0.255 e. The summed E-state index contributed by atoms with van der Waals surface area (Å²) in [4.78, 5) is 29.3. The molecule has 8 nitrogen and oxygen atoms in total. The van der Waals surface area contributed by atoms with Crippen LogP contribution >= 0.6 is 22.6 Å². The molecule has 3 heterocycles. The van der Waals surface area contributed by atoms with Gasteiger partial charge >= 0.3 is 0 Å². The minimum Gasteiger partial charge on any atom is -0.353 e. The molecule has 0 N–H and O–H groups in total. The zero-order valence-electron chi connectivity index (χ0n) is 13.9. The number of nitrogens with zero attached hydrogens (tertiary/aromatic N) is 7. The molecule has 1 amide bonds. The highest BCUT2D eigenvalue weighted by molar-refractivity contribution is 14.1. The van der Waals surface area contributed by atoms with Crippen LogP contribution in [0.1, 0.15) is 10.4 Å². The highest BCUT2D eigenvalue weighted by atomic mass is 127. The predicted octanol–water partition coefficient (Wildman–Crippen LogP) is 1.62. The highest BCUT2D eigenvalue weighted by Crippen LogP contribution is 2.18. The molecule has 9 heteroatoms. The summed E-state index contributed by atoms with van der Waals surface area (Å²) >= 11 is 2.21. The van der Waals surface area contributed by atoms with Crippen LogP contribution in [0, 0.1) is 3.57 Å². The van der Waals surface area contributed by atoms with Gasteiger partial charge in [0.05, 0.1) is 5.56 Å². The second kappa shape index (κ2) is 7.36. The van der Waals surface area contributed by atoms with Gasteiger partial charge in [0.15, 0.2) is 5.82 Å². The molecular weight excluding hydrogens is 445 g/mol. The maximum absolute atomic E-state index is 12.7. The molecule has 0 bridgehead atoms. The number of carbonyl (C=O) groups excluding carboxylic acids is 1. The minimum atomic E-state index is 0.0839. The number of hydrogen-bond donors (Lipinski definition) is 0. The average Bonchev–Trinajstić information content (AvgIpc) is 3.23. The molecule has 1 aliphatic rings. The van der Waals surface area contributed by atoms with Gasteiger partial charge in [-0.25, -0.2) is 19.6 Å². The fourth-order valence-corrected chi connectivity index (χ4v) is 3.52. The van der Waals surface area contributed by atoms with Crippen molar-refractivity contribution in [3.05, 3.63) is 58.4 Å². The molecule has 1 aliphatic heterocycles. The number of aromatic nitrogens is 5. The average molecular weight is 461 g/mol. The lowest BCUT2D eigenvalue weighted by Crippen LogP contribution is -2.49. The Kier molecular flexibility index (Phi) is 4.78. The Morgan fingerprint density at radius 1 is 1.00 bits per heavy atom. The van der Waals surface area contributed by atoms with Crippen LogP contribution in [0.3, 0.4) is 0 Å². The van der Waals surface area contributed by atoms with Crippen molar-refractivity contribution in [2.45, 2.75) is 0 Å². The number of anilines is 1. The molecule has 26 heavy (non-hydrogen) atoms. The van der Waals surface area contributed by atoms with Crippen molar-refractivity contribution in [2.75, 3.05) is 31.1 Å². The van der Waals surface area contributed by atoms with Crippen molar-refractivity contribution < 1.29 is 4.79 Å². The van der Waals surface area contributed by atoms with E-state index in [9.17, 15) is 4.79 Å². The van der Waals surface area contributed by atoms with Gasteiger partial charge in [0.2, 0.25) is 0 Å². The summed E-state index contributed by atoms with van der Waals surface area (Å²) < 4.78 is 2.58. The second-order valence-corrected chi connectivity index (χ2v) is 7.00. The predicted molar refractivity (Wildman–Crippen MR) is 104 cm³/mol. The van der Waals surface area contributed by atoms with E-state index >= 15 is 0 Å². The fourth-order valence-electron chi connectivity index (χ4n) is 2.91. The molecule has 1 fully saturated rings. The van der Waals surface area contributed by atoms with E-state index in [0.717, 1.165) is 28.0 Å². The summed E-state index contributed by atoms with van der Waals surface area (Å²) in [5, 5.41) is 4.09. The van der Waals surface area contributed by atoms with Crippen molar-refractivity contribution in [3.63, 3.8) is 0 Å². The van der Waals surface area contributed by atoms with Gasteiger partial charge in [-0.1, -0.05) is 12.1 Å². The van der Waals surface area contributed by atoms with Crippen LogP contribution in [-0.2, 0) is 0 Å². The van der Waals surface area contributed by atoms with Crippen molar-refractivity contribution in [1.29, 1.82) is 0 Å². The first kappa shape index (κ1) is 16.9. The third kappa shape index (κ3) is 3.39. The lowest BCUT2D eigenvalue weighted by Gasteiger charge is -2.35. The Balaban J connectivity index is 1.45. The molecule has 4 rings (SSSR count). The zero-order valence-corrected chi connectivity index (χ0v) is 16.0. The van der Waals surface area contributed by atoms with Gasteiger partial charge in [0, 0.05) is 35.8 Å². The van der Waals surface area contributed by atoms with E-state index in [2.05, 4.69) is 47.5 Å². The van der Waals surface area contributed by atoms with Crippen molar-refractivity contribution in [3.8, 4) is 5.82 Å². The summed E-state index contributed by atoms with van der Waals surface area (Å²) in [6.45, 7) is 2.77. The van der Waals surface area contributed by atoms with Crippen molar-refractivity contribution in [1.82, 2.24) is 29.6 Å². The first-order chi connectivity index (χ1) is 12.7. The van der Waals surface area contributed by atoms with Gasteiger partial charge in [-0.15, -0.1) is 0 Å². The molecule has 1 saturated heterocycles. The van der Waals surface area contributed by atoms with Crippen LogP contribution in [0.5, 0.6) is 0 Å². The quantitative estimate of drug-likeness (QED) is 0.552. The van der Waals surface area contributed by atoms with Gasteiger partial charge in [0.1, 0.15) is 24.8 Å². The number of halogens is 1. The van der Waals surface area contributed by atoms with E-state index in [1.807, 2.05) is 35.2 Å². The molecule has 3 aromatic rings. The van der Waals surface area contributed by atoms with Crippen molar-refractivity contribution in [2.24, 2.45) is 0 Å². The van der Waals surface area contributed by atoms with Gasteiger partial charge in [-0.05, 0) is 34.7 Å². The minimum absolute atomic E-state index is 0.0839. The topological polar surface area (TPSA) is 80.0 Å². The molecule has 0 saturated carbocycles. The Bertz CT molecular complexity index is 907. The number of benzene rings is 1. The summed E-state index contributed by atoms with van der Waals surface area (Å²) in [6.07, 6.45) is 4.59. The largest absolute Gasteiger partial charge is 0.353 e. The first-order valence-electron chi connectivity index (χ1n) is 8.18. The summed E-state index contributed by atoms with van der Waals surface area (Å²) in [7, 11) is 0. The molecular formula is C17H16IN7O. The van der Waals surface area contributed by atoms with E-state index in [0.29, 0.717) is 18.9 Å². The van der Waals surface area contributed by atoms with Crippen LogP contribution in [-0.4, -0.2) is 61.7 Å². The molecule has 0 aliphatic carbocycles. The van der Waals surface area contributed by atoms with E-state index < -0.39 is 0 Å². The summed E-state index contributed by atoms with van der Waals surface area (Å²) in [5.74, 6) is 1.58. The van der Waals surface area contributed by atoms with Crippen LogP contribution in [0.25, 0.3) is 5.82 Å². The Morgan fingerprint density at radius 2 is 1.77 bits per heavy atom. The Labute approximate surface area is 164 Å². The summed E-state index contributed by atoms with van der Waals surface area (Å²) in [6, 6.07) is 9.56. The molecule has 132 valence electrons. The van der Waals surface area contributed by atoms with E-state index in [1.165, 1.54) is 12.7 Å². The Hall–Kier alpha value is -2.56. The van der Waals surface area contributed by atoms with Crippen LogP contribution < -0.4 is 4.90 Å². The van der Waals surface area contributed by atoms with E-state index in [1.54, 1.807) is 11.0 Å². The summed E-state index contributed by atoms with van der Waals surface area (Å²) in [5.41, 5.74) is 0.761. The van der Waals surface area contributed by atoms with Crippen LogP contribution in [0.15, 0.2) is 49.3 Å². The van der Waals surface area contributed by atoms with Gasteiger partial charge < -0.3 is 9.80 Å². The van der Waals surface area contributed by atoms with Gasteiger partial charge in [-0.2, -0.15) is 5.10 Å².